The Hall–Kier alpha value is -5.29. The van der Waals surface area contributed by atoms with E-state index < -0.39 is 24.3 Å². The zero-order valence-corrected chi connectivity index (χ0v) is 32.9. The van der Waals surface area contributed by atoms with Crippen LogP contribution >= 0.6 is 11.8 Å². The van der Waals surface area contributed by atoms with E-state index in [1.165, 1.54) is 0 Å². The number of alkyl carbamates (subject to hydrolysis) is 2. The van der Waals surface area contributed by atoms with Crippen LogP contribution in [0.15, 0.2) is 121 Å². The molecular weight excluding hydrogens is 713 g/mol. The third kappa shape index (κ3) is 15.5. The van der Waals surface area contributed by atoms with Gasteiger partial charge in [-0.3, -0.25) is 9.59 Å². The van der Waals surface area contributed by atoms with Crippen molar-refractivity contribution >= 4 is 35.8 Å². The van der Waals surface area contributed by atoms with Gasteiger partial charge in [0, 0.05) is 23.6 Å². The molecule has 4 rings (SSSR count). The quantitative estimate of drug-likeness (QED) is 0.0756. The van der Waals surface area contributed by atoms with Gasteiger partial charge in [0.1, 0.15) is 25.3 Å². The minimum absolute atomic E-state index is 0.0817. The maximum Gasteiger partial charge on any atom is 0.408 e. The van der Waals surface area contributed by atoms with Crippen molar-refractivity contribution in [1.29, 1.82) is 0 Å². The van der Waals surface area contributed by atoms with Crippen LogP contribution in [0.5, 0.6) is 0 Å². The van der Waals surface area contributed by atoms with Gasteiger partial charge in [-0.1, -0.05) is 149 Å². The molecule has 0 unspecified atom stereocenters. The smallest absolute Gasteiger partial charge is 0.408 e. The summed E-state index contributed by atoms with van der Waals surface area (Å²) >= 11 is 1.69. The highest BCUT2D eigenvalue weighted by molar-refractivity contribution is 8.00. The highest BCUT2D eigenvalue weighted by Gasteiger charge is 2.28. The van der Waals surface area contributed by atoms with Gasteiger partial charge in [-0.05, 0) is 46.9 Å². The number of carbonyl (C=O) groups excluding carboxylic acids is 4. The van der Waals surface area contributed by atoms with Crippen LogP contribution in [0.2, 0.25) is 0 Å². The summed E-state index contributed by atoms with van der Waals surface area (Å²) in [5, 5.41) is 11.5. The first-order valence-corrected chi connectivity index (χ1v) is 19.7. The van der Waals surface area contributed by atoms with Gasteiger partial charge in [0.05, 0.1) is 0 Å². The average molecular weight is 767 g/mol. The molecule has 0 saturated carbocycles. The first-order chi connectivity index (χ1) is 26.6. The van der Waals surface area contributed by atoms with Crippen molar-refractivity contribution in [3.63, 3.8) is 0 Å². The second-order valence-electron chi connectivity index (χ2n) is 14.1. The Kier molecular flexibility index (Phi) is 17.6. The van der Waals surface area contributed by atoms with E-state index in [-0.39, 0.29) is 47.4 Å². The van der Waals surface area contributed by atoms with Crippen LogP contribution in [0.3, 0.4) is 0 Å². The summed E-state index contributed by atoms with van der Waals surface area (Å²) in [5.41, 5.74) is 3.92. The van der Waals surface area contributed by atoms with E-state index in [4.69, 9.17) is 9.47 Å². The van der Waals surface area contributed by atoms with Gasteiger partial charge in [0.15, 0.2) is 0 Å². The van der Waals surface area contributed by atoms with Crippen molar-refractivity contribution < 1.29 is 28.7 Å². The van der Waals surface area contributed by atoms with Gasteiger partial charge < -0.3 is 30.7 Å². The zero-order chi connectivity index (χ0) is 39.4. The SMILES string of the molecule is CC(C)[C@H](NC(=O)OCc1ccccc1)C(=O)NC[C@H](Cc1ccccc1)S[C@@H](CNC(=O)[C@@H](NC(=O)OCc1ccccc1)C(C)C)Cc1ccccc1. The lowest BCUT2D eigenvalue weighted by atomic mass is 10.0. The number of thioether (sulfide) groups is 1. The van der Waals surface area contributed by atoms with Crippen molar-refractivity contribution in [2.24, 2.45) is 11.8 Å². The summed E-state index contributed by atoms with van der Waals surface area (Å²) in [6.45, 7) is 8.34. The lowest BCUT2D eigenvalue weighted by molar-refractivity contribution is -0.124. The van der Waals surface area contributed by atoms with Gasteiger partial charge >= 0.3 is 12.2 Å². The minimum Gasteiger partial charge on any atom is -0.445 e. The molecule has 0 radical (unpaired) electrons. The van der Waals surface area contributed by atoms with Crippen LogP contribution < -0.4 is 21.3 Å². The normalized spacial score (nSPS) is 13.2. The van der Waals surface area contributed by atoms with Crippen LogP contribution in [-0.4, -0.2) is 59.7 Å². The number of amides is 4. The molecule has 0 fully saturated rings. The van der Waals surface area contributed by atoms with Crippen molar-refractivity contribution in [2.75, 3.05) is 13.1 Å². The largest absolute Gasteiger partial charge is 0.445 e. The molecule has 0 saturated heterocycles. The van der Waals surface area contributed by atoms with Gasteiger partial charge in [0.25, 0.3) is 0 Å². The molecule has 0 aliphatic rings. The molecular formula is C44H54N4O6S. The average Bonchev–Trinajstić information content (AvgIpc) is 3.19. The van der Waals surface area contributed by atoms with E-state index in [0.29, 0.717) is 25.9 Å². The number of ether oxygens (including phenoxy) is 2. The van der Waals surface area contributed by atoms with Crippen LogP contribution in [-0.2, 0) is 45.1 Å². The molecule has 4 aromatic rings. The number of benzene rings is 4. The lowest BCUT2D eigenvalue weighted by Gasteiger charge is -2.27. The van der Waals surface area contributed by atoms with E-state index in [1.807, 2.05) is 125 Å². The second-order valence-corrected chi connectivity index (χ2v) is 15.7. The fraction of sp³-hybridized carbons (Fsp3) is 0.364. The third-order valence-electron chi connectivity index (χ3n) is 8.88. The van der Waals surface area contributed by atoms with Crippen LogP contribution in [0, 0.1) is 11.8 Å². The molecule has 4 aromatic carbocycles. The van der Waals surface area contributed by atoms with Crippen molar-refractivity contribution in [3.8, 4) is 0 Å². The Bertz CT molecular complexity index is 1620. The fourth-order valence-corrected chi connectivity index (χ4v) is 7.35. The monoisotopic (exact) mass is 766 g/mol. The van der Waals surface area contributed by atoms with Gasteiger partial charge in [-0.15, -0.1) is 0 Å². The summed E-state index contributed by atoms with van der Waals surface area (Å²) in [4.78, 5) is 52.6. The number of nitrogens with one attached hydrogen (secondary N) is 4. The first kappa shape index (κ1) is 42.5. The molecule has 292 valence electrons. The molecule has 0 aliphatic heterocycles. The van der Waals surface area contributed by atoms with Crippen LogP contribution in [0.1, 0.15) is 49.9 Å². The minimum atomic E-state index is -0.801. The molecule has 0 heterocycles. The highest BCUT2D eigenvalue weighted by Crippen LogP contribution is 2.25. The maximum atomic E-state index is 13.6. The number of rotatable bonds is 20. The lowest BCUT2D eigenvalue weighted by Crippen LogP contribution is -2.51. The van der Waals surface area contributed by atoms with E-state index in [1.54, 1.807) is 11.8 Å². The topological polar surface area (TPSA) is 135 Å². The van der Waals surface area contributed by atoms with Crippen molar-refractivity contribution in [2.45, 2.75) is 76.3 Å². The Morgan fingerprint density at radius 3 is 1.11 bits per heavy atom. The summed E-state index contributed by atoms with van der Waals surface area (Å²) in [6, 6.07) is 37.2. The van der Waals surface area contributed by atoms with E-state index in [9.17, 15) is 19.2 Å². The van der Waals surface area contributed by atoms with Gasteiger partial charge in [0.2, 0.25) is 11.8 Å². The molecule has 4 atom stereocenters. The van der Waals surface area contributed by atoms with E-state index >= 15 is 0 Å². The van der Waals surface area contributed by atoms with Gasteiger partial charge in [-0.25, -0.2) is 9.59 Å². The summed E-state index contributed by atoms with van der Waals surface area (Å²) < 4.78 is 10.8. The molecule has 0 spiro atoms. The second kappa shape index (κ2) is 22.8. The third-order valence-corrected chi connectivity index (χ3v) is 10.3. The molecule has 10 nitrogen and oxygen atoms in total. The zero-order valence-electron chi connectivity index (χ0n) is 32.1. The summed E-state index contributed by atoms with van der Waals surface area (Å²) in [7, 11) is 0. The Labute approximate surface area is 329 Å². The Balaban J connectivity index is 1.42. The first-order valence-electron chi connectivity index (χ1n) is 18.8. The van der Waals surface area contributed by atoms with Crippen LogP contribution in [0.4, 0.5) is 9.59 Å². The molecule has 0 bridgehead atoms. The standard InChI is InChI=1S/C44H54N4O6S/c1-31(2)39(47-43(51)53-29-35-21-13-7-14-22-35)41(49)45-27-37(25-33-17-9-5-10-18-33)55-38(26-34-19-11-6-12-20-34)28-46-42(50)40(32(3)4)48-44(52)54-30-36-23-15-8-16-24-36/h5-24,31-32,37-40H,25-30H2,1-4H3,(H,45,49)(H,46,50)(H,47,51)(H,48,52)/t37-,38+,39-,40-/m0/s1. The number of hydrogen-bond donors (Lipinski definition) is 4. The van der Waals surface area contributed by atoms with Crippen LogP contribution in [0.25, 0.3) is 0 Å². The molecule has 4 amide bonds. The molecule has 4 N–H and O–H groups in total. The molecule has 0 aliphatic carbocycles. The molecule has 55 heavy (non-hydrogen) atoms. The highest BCUT2D eigenvalue weighted by atomic mass is 32.2. The maximum absolute atomic E-state index is 13.6. The predicted octanol–water partition coefficient (Wildman–Crippen LogP) is 7.08. The molecule has 11 heteroatoms. The number of hydrogen-bond acceptors (Lipinski definition) is 7. The summed E-state index contributed by atoms with van der Waals surface area (Å²) in [6.07, 6.45) is -0.00352. The predicted molar refractivity (Wildman–Crippen MR) is 218 cm³/mol. The Morgan fingerprint density at radius 1 is 0.491 bits per heavy atom. The van der Waals surface area contributed by atoms with Crippen molar-refractivity contribution in [1.82, 2.24) is 21.3 Å². The fourth-order valence-electron chi connectivity index (χ4n) is 5.87. The molecule has 0 aromatic heterocycles. The van der Waals surface area contributed by atoms with E-state index in [0.717, 1.165) is 22.3 Å². The summed E-state index contributed by atoms with van der Waals surface area (Å²) in [5.74, 6) is -0.987. The van der Waals surface area contributed by atoms with Gasteiger partial charge in [-0.2, -0.15) is 11.8 Å². The van der Waals surface area contributed by atoms with Crippen molar-refractivity contribution in [3.05, 3.63) is 144 Å². The van der Waals surface area contributed by atoms with E-state index in [2.05, 4.69) is 45.5 Å². The Morgan fingerprint density at radius 2 is 0.800 bits per heavy atom. The number of carbonyl (C=O) groups is 4.